The molecular formula is C20H20N4O3. The molecule has 0 radical (unpaired) electrons. The fraction of sp³-hybridized carbons (Fsp3) is 0.200. The fourth-order valence-electron chi connectivity index (χ4n) is 2.80. The van der Waals surface area contributed by atoms with Gasteiger partial charge in [0.2, 0.25) is 5.82 Å². The third-order valence-corrected chi connectivity index (χ3v) is 3.97. The normalized spacial score (nSPS) is 10.4. The van der Waals surface area contributed by atoms with Crippen molar-refractivity contribution >= 4 is 11.5 Å². The van der Waals surface area contributed by atoms with E-state index in [9.17, 15) is 10.1 Å². The Hall–Kier alpha value is -3.48. The molecule has 0 fully saturated rings. The Morgan fingerprint density at radius 3 is 2.00 bits per heavy atom. The van der Waals surface area contributed by atoms with Gasteiger partial charge >= 0.3 is 5.69 Å². The summed E-state index contributed by atoms with van der Waals surface area (Å²) >= 11 is 0. The predicted octanol–water partition coefficient (Wildman–Crippen LogP) is 3.99. The first-order valence-electron chi connectivity index (χ1n) is 8.64. The monoisotopic (exact) mass is 364 g/mol. The highest BCUT2D eigenvalue weighted by atomic mass is 16.6. The number of ether oxygens (including phenoxy) is 1. The van der Waals surface area contributed by atoms with Crippen LogP contribution in [0.1, 0.15) is 18.1 Å². The van der Waals surface area contributed by atoms with Gasteiger partial charge < -0.3 is 9.64 Å². The molecule has 7 heteroatoms. The van der Waals surface area contributed by atoms with Gasteiger partial charge in [0, 0.05) is 13.1 Å². The molecule has 0 aliphatic heterocycles. The summed E-state index contributed by atoms with van der Waals surface area (Å²) in [7, 11) is 0. The second kappa shape index (κ2) is 8.75. The Morgan fingerprint density at radius 2 is 1.52 bits per heavy atom. The van der Waals surface area contributed by atoms with Crippen molar-refractivity contribution in [1.29, 1.82) is 0 Å². The predicted molar refractivity (Wildman–Crippen MR) is 103 cm³/mol. The topological polar surface area (TPSA) is 81.4 Å². The summed E-state index contributed by atoms with van der Waals surface area (Å²) in [4.78, 5) is 21.3. The van der Waals surface area contributed by atoms with Gasteiger partial charge in [-0.1, -0.05) is 60.7 Å². The van der Waals surface area contributed by atoms with Crippen LogP contribution in [0.3, 0.4) is 0 Å². The zero-order chi connectivity index (χ0) is 19.1. The summed E-state index contributed by atoms with van der Waals surface area (Å²) in [6.07, 6.45) is 1.30. The lowest BCUT2D eigenvalue weighted by atomic mass is 10.1. The van der Waals surface area contributed by atoms with Crippen molar-refractivity contribution in [2.75, 3.05) is 11.5 Å². The van der Waals surface area contributed by atoms with Crippen molar-refractivity contribution < 1.29 is 9.66 Å². The summed E-state index contributed by atoms with van der Waals surface area (Å²) in [5.41, 5.74) is 1.84. The number of hydrogen-bond acceptors (Lipinski definition) is 6. The van der Waals surface area contributed by atoms with Crippen molar-refractivity contribution in [2.24, 2.45) is 0 Å². The largest absolute Gasteiger partial charge is 0.473 e. The second-order valence-electron chi connectivity index (χ2n) is 5.87. The summed E-state index contributed by atoms with van der Waals surface area (Å²) in [5.74, 6) is 0.227. The van der Waals surface area contributed by atoms with Crippen molar-refractivity contribution in [3.63, 3.8) is 0 Å². The Bertz CT molecular complexity index is 847. The molecule has 1 aromatic heterocycles. The summed E-state index contributed by atoms with van der Waals surface area (Å²) in [6, 6.07) is 19.6. The SMILES string of the molecule is CCOc1ncnc(N(Cc2ccccc2)Cc2ccccc2)c1[N+](=O)[O-]. The van der Waals surface area contributed by atoms with E-state index in [1.54, 1.807) is 6.92 Å². The number of aromatic nitrogens is 2. The molecule has 138 valence electrons. The number of benzene rings is 2. The van der Waals surface area contributed by atoms with Gasteiger partial charge in [-0.25, -0.2) is 4.98 Å². The molecule has 1 heterocycles. The van der Waals surface area contributed by atoms with Gasteiger partial charge in [-0.05, 0) is 18.1 Å². The molecule has 0 N–H and O–H groups in total. The molecule has 0 unspecified atom stereocenters. The van der Waals surface area contributed by atoms with E-state index in [-0.39, 0.29) is 24.0 Å². The van der Waals surface area contributed by atoms with Crippen LogP contribution in [0, 0.1) is 10.1 Å². The molecule has 3 aromatic rings. The van der Waals surface area contributed by atoms with Gasteiger partial charge in [0.15, 0.2) is 0 Å². The Kier molecular flexibility index (Phi) is 5.94. The Balaban J connectivity index is 2.04. The average molecular weight is 364 g/mol. The van der Waals surface area contributed by atoms with E-state index in [2.05, 4.69) is 9.97 Å². The summed E-state index contributed by atoms with van der Waals surface area (Å²) < 4.78 is 5.37. The van der Waals surface area contributed by atoms with E-state index in [0.717, 1.165) is 11.1 Å². The lowest BCUT2D eigenvalue weighted by Gasteiger charge is -2.24. The molecule has 27 heavy (non-hydrogen) atoms. The first-order valence-corrected chi connectivity index (χ1v) is 8.64. The summed E-state index contributed by atoms with van der Waals surface area (Å²) in [6.45, 7) is 2.99. The lowest BCUT2D eigenvalue weighted by Crippen LogP contribution is -2.24. The molecule has 0 amide bonds. The van der Waals surface area contributed by atoms with Crippen LogP contribution in [0.2, 0.25) is 0 Å². The molecule has 0 saturated carbocycles. The first kappa shape index (κ1) is 18.3. The van der Waals surface area contributed by atoms with E-state index in [4.69, 9.17) is 4.74 Å². The third-order valence-electron chi connectivity index (χ3n) is 3.97. The van der Waals surface area contributed by atoms with Gasteiger partial charge in [0.25, 0.3) is 5.88 Å². The van der Waals surface area contributed by atoms with Crippen LogP contribution in [-0.2, 0) is 13.1 Å². The first-order chi connectivity index (χ1) is 13.2. The van der Waals surface area contributed by atoms with Crippen molar-refractivity contribution in [1.82, 2.24) is 9.97 Å². The van der Waals surface area contributed by atoms with E-state index < -0.39 is 4.92 Å². The van der Waals surface area contributed by atoms with Crippen molar-refractivity contribution in [2.45, 2.75) is 20.0 Å². The molecular weight excluding hydrogens is 344 g/mol. The maximum Gasteiger partial charge on any atom is 0.372 e. The van der Waals surface area contributed by atoms with Crippen molar-refractivity contribution in [3.05, 3.63) is 88.2 Å². The Labute approximate surface area is 157 Å². The Morgan fingerprint density at radius 1 is 0.963 bits per heavy atom. The average Bonchev–Trinajstić information content (AvgIpc) is 2.69. The van der Waals surface area contributed by atoms with Crippen LogP contribution in [-0.4, -0.2) is 21.5 Å². The lowest BCUT2D eigenvalue weighted by molar-refractivity contribution is -0.385. The zero-order valence-corrected chi connectivity index (χ0v) is 15.0. The maximum absolute atomic E-state index is 11.7. The van der Waals surface area contributed by atoms with Crippen LogP contribution < -0.4 is 9.64 Å². The second-order valence-corrected chi connectivity index (χ2v) is 5.87. The van der Waals surface area contributed by atoms with E-state index >= 15 is 0 Å². The molecule has 3 rings (SSSR count). The van der Waals surface area contributed by atoms with Gasteiger partial charge in [0.05, 0.1) is 11.5 Å². The standard InChI is InChI=1S/C20H20N4O3/c1-2-27-20-18(24(25)26)19(21-15-22-20)23(13-16-9-5-3-6-10-16)14-17-11-7-4-8-12-17/h3-12,15H,2,13-14H2,1H3. The molecule has 0 aliphatic rings. The van der Waals surface area contributed by atoms with E-state index in [0.29, 0.717) is 13.1 Å². The zero-order valence-electron chi connectivity index (χ0n) is 15.0. The number of anilines is 1. The van der Waals surface area contributed by atoms with Gasteiger partial charge in [0.1, 0.15) is 6.33 Å². The summed E-state index contributed by atoms with van der Waals surface area (Å²) in [5, 5.41) is 11.7. The minimum absolute atomic E-state index is 0.0152. The third kappa shape index (κ3) is 4.58. The van der Waals surface area contributed by atoms with Gasteiger partial charge in [-0.3, -0.25) is 10.1 Å². The maximum atomic E-state index is 11.7. The van der Waals surface area contributed by atoms with Crippen LogP contribution in [0.5, 0.6) is 5.88 Å². The molecule has 0 bridgehead atoms. The molecule has 0 aliphatic carbocycles. The quantitative estimate of drug-likeness (QED) is 0.444. The van der Waals surface area contributed by atoms with Crippen LogP contribution >= 0.6 is 0 Å². The highest BCUT2D eigenvalue weighted by Crippen LogP contribution is 2.34. The highest BCUT2D eigenvalue weighted by molar-refractivity contribution is 5.63. The van der Waals surface area contributed by atoms with Gasteiger partial charge in [-0.2, -0.15) is 4.98 Å². The number of hydrogen-bond donors (Lipinski definition) is 0. The molecule has 0 spiro atoms. The van der Waals surface area contributed by atoms with Crippen LogP contribution in [0.15, 0.2) is 67.0 Å². The smallest absolute Gasteiger partial charge is 0.372 e. The minimum atomic E-state index is -0.483. The number of nitrogens with zero attached hydrogens (tertiary/aromatic N) is 4. The molecule has 0 atom stereocenters. The molecule has 0 saturated heterocycles. The molecule has 7 nitrogen and oxygen atoms in total. The molecule has 2 aromatic carbocycles. The van der Waals surface area contributed by atoms with Crippen molar-refractivity contribution in [3.8, 4) is 5.88 Å². The highest BCUT2D eigenvalue weighted by Gasteiger charge is 2.28. The minimum Gasteiger partial charge on any atom is -0.473 e. The van der Waals surface area contributed by atoms with Gasteiger partial charge in [-0.15, -0.1) is 0 Å². The van der Waals surface area contributed by atoms with E-state index in [1.165, 1.54) is 6.33 Å². The fourth-order valence-corrected chi connectivity index (χ4v) is 2.80. The van der Waals surface area contributed by atoms with E-state index in [1.807, 2.05) is 65.6 Å². The van der Waals surface area contributed by atoms with Crippen LogP contribution in [0.25, 0.3) is 0 Å². The number of nitro groups is 1. The number of rotatable bonds is 8. The van der Waals surface area contributed by atoms with Crippen LogP contribution in [0.4, 0.5) is 11.5 Å².